The Labute approximate surface area is 210 Å². The summed E-state index contributed by atoms with van der Waals surface area (Å²) in [4.78, 5) is 27.7. The van der Waals surface area contributed by atoms with Crippen LogP contribution in [0.25, 0.3) is 0 Å². The maximum absolute atomic E-state index is 13.5. The van der Waals surface area contributed by atoms with E-state index in [2.05, 4.69) is 5.32 Å². The zero-order valence-corrected chi connectivity index (χ0v) is 21.6. The van der Waals surface area contributed by atoms with Crippen molar-refractivity contribution in [3.05, 3.63) is 65.2 Å². The first-order chi connectivity index (χ1) is 16.8. The first-order valence-corrected chi connectivity index (χ1v) is 13.4. The van der Waals surface area contributed by atoms with Crippen molar-refractivity contribution in [2.24, 2.45) is 0 Å². The number of rotatable bonds is 11. The van der Waals surface area contributed by atoms with Gasteiger partial charge < -0.3 is 10.2 Å². The fourth-order valence-electron chi connectivity index (χ4n) is 3.74. The average Bonchev–Trinajstić information content (AvgIpc) is 2.79. The van der Waals surface area contributed by atoms with Gasteiger partial charge in [0.15, 0.2) is 0 Å². The molecular formula is C25H32F3N3O4S. The van der Waals surface area contributed by atoms with Crippen molar-refractivity contribution in [3.63, 3.8) is 0 Å². The summed E-state index contributed by atoms with van der Waals surface area (Å²) in [5.74, 6) is -1.09. The van der Waals surface area contributed by atoms with Crippen molar-refractivity contribution in [1.82, 2.24) is 10.2 Å². The van der Waals surface area contributed by atoms with Gasteiger partial charge in [0.2, 0.25) is 21.8 Å². The number of sulfonamides is 1. The van der Waals surface area contributed by atoms with Crippen LogP contribution in [0.3, 0.4) is 0 Å². The number of amides is 2. The van der Waals surface area contributed by atoms with Gasteiger partial charge >= 0.3 is 6.18 Å². The van der Waals surface area contributed by atoms with Crippen molar-refractivity contribution in [2.45, 2.75) is 52.4 Å². The average molecular weight is 528 g/mol. The van der Waals surface area contributed by atoms with E-state index in [4.69, 9.17) is 0 Å². The summed E-state index contributed by atoms with van der Waals surface area (Å²) in [6.45, 7) is 5.16. The van der Waals surface area contributed by atoms with Gasteiger partial charge in [0, 0.05) is 13.1 Å². The zero-order chi connectivity index (χ0) is 27.1. The molecule has 0 bridgehead atoms. The summed E-state index contributed by atoms with van der Waals surface area (Å²) in [5, 5.41) is 2.77. The van der Waals surface area contributed by atoms with Crippen LogP contribution in [0.15, 0.2) is 48.5 Å². The van der Waals surface area contributed by atoms with Crippen LogP contribution in [0.4, 0.5) is 18.9 Å². The molecule has 0 saturated carbocycles. The monoisotopic (exact) mass is 527 g/mol. The lowest BCUT2D eigenvalue weighted by molar-refractivity contribution is -0.140. The van der Waals surface area contributed by atoms with Crippen molar-refractivity contribution >= 4 is 27.5 Å². The second-order valence-electron chi connectivity index (χ2n) is 8.54. The molecule has 11 heteroatoms. The van der Waals surface area contributed by atoms with Crippen LogP contribution >= 0.6 is 0 Å². The van der Waals surface area contributed by atoms with Gasteiger partial charge in [-0.3, -0.25) is 13.9 Å². The number of halogens is 3. The summed E-state index contributed by atoms with van der Waals surface area (Å²) in [6, 6.07) is 10.2. The van der Waals surface area contributed by atoms with Crippen LogP contribution < -0.4 is 9.62 Å². The molecule has 0 fully saturated rings. The molecule has 2 rings (SSSR count). The predicted octanol–water partition coefficient (Wildman–Crippen LogP) is 4.11. The van der Waals surface area contributed by atoms with E-state index >= 15 is 0 Å². The zero-order valence-electron chi connectivity index (χ0n) is 20.8. The number of hydrogen-bond acceptors (Lipinski definition) is 4. The van der Waals surface area contributed by atoms with E-state index in [9.17, 15) is 31.2 Å². The van der Waals surface area contributed by atoms with Crippen molar-refractivity contribution in [2.75, 3.05) is 23.7 Å². The lowest BCUT2D eigenvalue weighted by Gasteiger charge is -2.33. The van der Waals surface area contributed by atoms with Gasteiger partial charge in [-0.15, -0.1) is 0 Å². The third kappa shape index (κ3) is 7.97. The maximum Gasteiger partial charge on any atom is 0.416 e. The molecule has 0 aliphatic heterocycles. The van der Waals surface area contributed by atoms with Crippen LogP contribution in [0.1, 0.15) is 43.4 Å². The van der Waals surface area contributed by atoms with E-state index in [1.807, 2.05) is 26.0 Å². The Balaban J connectivity index is 2.48. The lowest BCUT2D eigenvalue weighted by Crippen LogP contribution is -2.52. The number of benzene rings is 2. The Kier molecular flexibility index (Phi) is 9.92. The Bertz CT molecular complexity index is 1170. The second kappa shape index (κ2) is 12.2. The summed E-state index contributed by atoms with van der Waals surface area (Å²) in [5.41, 5.74) is 0.336. The number of hydrogen-bond donors (Lipinski definition) is 1. The van der Waals surface area contributed by atoms with Gasteiger partial charge in [0.1, 0.15) is 12.6 Å². The largest absolute Gasteiger partial charge is 0.416 e. The molecule has 36 heavy (non-hydrogen) atoms. The van der Waals surface area contributed by atoms with Crippen LogP contribution in [0, 0.1) is 6.92 Å². The molecular weight excluding hydrogens is 495 g/mol. The summed E-state index contributed by atoms with van der Waals surface area (Å²) < 4.78 is 65.5. The molecule has 0 radical (unpaired) electrons. The molecule has 1 unspecified atom stereocenters. The van der Waals surface area contributed by atoms with E-state index in [0.29, 0.717) is 23.3 Å². The normalized spacial score (nSPS) is 12.6. The Morgan fingerprint density at radius 1 is 1.06 bits per heavy atom. The molecule has 0 aliphatic carbocycles. The van der Waals surface area contributed by atoms with Gasteiger partial charge in [-0.05, 0) is 43.5 Å². The molecule has 198 valence electrons. The van der Waals surface area contributed by atoms with Crippen molar-refractivity contribution in [1.29, 1.82) is 0 Å². The van der Waals surface area contributed by atoms with E-state index in [1.165, 1.54) is 11.0 Å². The summed E-state index contributed by atoms with van der Waals surface area (Å²) in [6.07, 6.45) is -2.93. The fourth-order valence-corrected chi connectivity index (χ4v) is 4.59. The van der Waals surface area contributed by atoms with E-state index in [0.717, 1.165) is 29.5 Å². The highest BCUT2D eigenvalue weighted by Gasteiger charge is 2.34. The van der Waals surface area contributed by atoms with Gasteiger partial charge in [-0.2, -0.15) is 13.2 Å². The number of aryl methyl sites for hydroxylation is 1. The van der Waals surface area contributed by atoms with Crippen molar-refractivity contribution < 1.29 is 31.2 Å². The van der Waals surface area contributed by atoms with E-state index in [-0.39, 0.29) is 24.6 Å². The molecule has 0 aliphatic rings. The quantitative estimate of drug-likeness (QED) is 0.477. The first kappa shape index (κ1) is 29.2. The fraction of sp³-hybridized carbons (Fsp3) is 0.440. The summed E-state index contributed by atoms with van der Waals surface area (Å²) in [7, 11) is -4.14. The SMILES string of the molecule is CCCNC(=O)C(CC)N(Cc1cccc(C)c1)C(=O)CN(c1cccc(C(F)(F)F)c1)S(C)(=O)=O. The number of alkyl halides is 3. The van der Waals surface area contributed by atoms with Crippen LogP contribution in [0.5, 0.6) is 0 Å². The highest BCUT2D eigenvalue weighted by atomic mass is 32.2. The number of nitrogens with one attached hydrogen (secondary N) is 1. The van der Waals surface area contributed by atoms with Gasteiger partial charge in [0.25, 0.3) is 0 Å². The first-order valence-electron chi connectivity index (χ1n) is 11.6. The highest BCUT2D eigenvalue weighted by Crippen LogP contribution is 2.32. The minimum Gasteiger partial charge on any atom is -0.354 e. The van der Waals surface area contributed by atoms with Crippen LogP contribution in [-0.2, 0) is 32.3 Å². The predicted molar refractivity (Wildman–Crippen MR) is 133 cm³/mol. The van der Waals surface area contributed by atoms with Gasteiger partial charge in [-0.25, -0.2) is 8.42 Å². The van der Waals surface area contributed by atoms with Crippen LogP contribution in [0.2, 0.25) is 0 Å². The Morgan fingerprint density at radius 2 is 1.72 bits per heavy atom. The highest BCUT2D eigenvalue weighted by molar-refractivity contribution is 7.92. The molecule has 0 spiro atoms. The molecule has 0 saturated heterocycles. The number of carbonyl (C=O) groups excluding carboxylic acids is 2. The third-order valence-electron chi connectivity index (χ3n) is 5.51. The molecule has 0 aromatic heterocycles. The molecule has 7 nitrogen and oxygen atoms in total. The maximum atomic E-state index is 13.5. The number of anilines is 1. The van der Waals surface area contributed by atoms with E-state index in [1.54, 1.807) is 19.1 Å². The van der Waals surface area contributed by atoms with Crippen LogP contribution in [-0.4, -0.2) is 50.5 Å². The molecule has 1 N–H and O–H groups in total. The Morgan fingerprint density at radius 3 is 2.28 bits per heavy atom. The molecule has 2 aromatic rings. The number of nitrogens with zero attached hydrogens (tertiary/aromatic N) is 2. The lowest BCUT2D eigenvalue weighted by atomic mass is 10.1. The second-order valence-corrected chi connectivity index (χ2v) is 10.5. The molecule has 2 aromatic carbocycles. The van der Waals surface area contributed by atoms with Gasteiger partial charge in [-0.1, -0.05) is 49.7 Å². The molecule has 0 heterocycles. The minimum absolute atomic E-state index is 0.0265. The molecule has 2 amide bonds. The minimum atomic E-state index is -4.69. The number of carbonyl (C=O) groups is 2. The van der Waals surface area contributed by atoms with E-state index < -0.39 is 40.3 Å². The van der Waals surface area contributed by atoms with Gasteiger partial charge in [0.05, 0.1) is 17.5 Å². The topological polar surface area (TPSA) is 86.8 Å². The summed E-state index contributed by atoms with van der Waals surface area (Å²) >= 11 is 0. The smallest absolute Gasteiger partial charge is 0.354 e. The standard InChI is InChI=1S/C25H32F3N3O4S/c1-5-13-29-24(33)22(6-2)30(16-19-10-7-9-18(3)14-19)23(32)17-31(36(4,34)35)21-12-8-11-20(15-21)25(26,27)28/h7-12,14-15,22H,5-6,13,16-17H2,1-4H3,(H,29,33). The Hall–Kier alpha value is -3.08. The van der Waals surface area contributed by atoms with Crippen molar-refractivity contribution in [3.8, 4) is 0 Å². The third-order valence-corrected chi connectivity index (χ3v) is 6.65. The molecule has 1 atom stereocenters.